The number of hydrogen-bond donors (Lipinski definition) is 0. The molecular formula is C13H23F3O3S. The Balaban J connectivity index is 4.68. The lowest BCUT2D eigenvalue weighted by atomic mass is 10.1. The van der Waals surface area contributed by atoms with Gasteiger partial charge in [0.2, 0.25) is 0 Å². The van der Waals surface area contributed by atoms with Gasteiger partial charge in [-0.25, -0.2) is 0 Å². The van der Waals surface area contributed by atoms with E-state index >= 15 is 0 Å². The van der Waals surface area contributed by atoms with Gasteiger partial charge in [0.05, 0.1) is 0 Å². The van der Waals surface area contributed by atoms with Gasteiger partial charge in [0.25, 0.3) is 0 Å². The molecule has 0 fully saturated rings. The highest BCUT2D eigenvalue weighted by atomic mass is 32.2. The van der Waals surface area contributed by atoms with E-state index in [0.29, 0.717) is 12.8 Å². The highest BCUT2D eigenvalue weighted by Crippen LogP contribution is 2.28. The molecule has 3 nitrogen and oxygen atoms in total. The Morgan fingerprint density at radius 1 is 1.05 bits per heavy atom. The van der Waals surface area contributed by atoms with Crippen LogP contribution in [-0.2, 0) is 14.3 Å². The molecule has 0 aliphatic rings. The van der Waals surface area contributed by atoms with Gasteiger partial charge in [-0.05, 0) is 25.3 Å². The molecule has 0 N–H and O–H groups in total. The van der Waals surface area contributed by atoms with E-state index < -0.39 is 15.6 Å². The Labute approximate surface area is 119 Å². The highest BCUT2D eigenvalue weighted by Gasteiger charge is 2.48. The van der Waals surface area contributed by atoms with Crippen LogP contribution in [0.25, 0.3) is 0 Å². The largest absolute Gasteiger partial charge is 0.534 e. The zero-order valence-corrected chi connectivity index (χ0v) is 12.8. The van der Waals surface area contributed by atoms with E-state index in [2.05, 4.69) is 4.18 Å². The first-order chi connectivity index (χ1) is 9.24. The second-order valence-electron chi connectivity index (χ2n) is 4.61. The van der Waals surface area contributed by atoms with Crippen LogP contribution in [-0.4, -0.2) is 13.9 Å². The average Bonchev–Trinajstić information content (AvgIpc) is 2.33. The first-order valence-corrected chi connectivity index (χ1v) is 8.35. The van der Waals surface area contributed by atoms with Crippen molar-refractivity contribution in [1.82, 2.24) is 0 Å². The van der Waals surface area contributed by atoms with Crippen molar-refractivity contribution in [3.63, 3.8) is 0 Å². The Hall–Kier alpha value is -0.720. The van der Waals surface area contributed by atoms with Crippen LogP contribution in [0.5, 0.6) is 0 Å². The molecule has 0 rings (SSSR count). The number of allylic oxidation sites excluding steroid dienone is 2. The van der Waals surface area contributed by atoms with E-state index in [9.17, 15) is 21.6 Å². The van der Waals surface area contributed by atoms with Crippen molar-refractivity contribution < 1.29 is 25.8 Å². The van der Waals surface area contributed by atoms with Gasteiger partial charge >= 0.3 is 15.6 Å². The smallest absolute Gasteiger partial charge is 0.381 e. The molecule has 0 amide bonds. The maximum Gasteiger partial charge on any atom is 0.534 e. The van der Waals surface area contributed by atoms with E-state index in [1.54, 1.807) is 0 Å². The maximum atomic E-state index is 12.3. The molecule has 0 saturated carbocycles. The van der Waals surface area contributed by atoms with Gasteiger partial charge in [0, 0.05) is 6.42 Å². The fourth-order valence-corrected chi connectivity index (χ4v) is 2.10. The van der Waals surface area contributed by atoms with Crippen LogP contribution in [0.3, 0.4) is 0 Å². The first kappa shape index (κ1) is 19.3. The topological polar surface area (TPSA) is 43.4 Å². The third-order valence-corrected chi connectivity index (χ3v) is 3.71. The van der Waals surface area contributed by atoms with Crippen molar-refractivity contribution in [3.05, 3.63) is 11.8 Å². The molecule has 0 aromatic heterocycles. The van der Waals surface area contributed by atoms with E-state index in [1.807, 2.05) is 13.8 Å². The van der Waals surface area contributed by atoms with Gasteiger partial charge in [-0.1, -0.05) is 39.5 Å². The van der Waals surface area contributed by atoms with Crippen LogP contribution in [0.1, 0.15) is 65.2 Å². The zero-order valence-electron chi connectivity index (χ0n) is 12.0. The van der Waals surface area contributed by atoms with Crippen molar-refractivity contribution in [2.75, 3.05) is 0 Å². The average molecular weight is 316 g/mol. The number of hydrogen-bond acceptors (Lipinski definition) is 3. The van der Waals surface area contributed by atoms with Gasteiger partial charge in [0.15, 0.2) is 0 Å². The molecular weight excluding hydrogens is 293 g/mol. The minimum atomic E-state index is -5.55. The van der Waals surface area contributed by atoms with Crippen molar-refractivity contribution >= 4 is 10.1 Å². The lowest BCUT2D eigenvalue weighted by Crippen LogP contribution is -2.25. The summed E-state index contributed by atoms with van der Waals surface area (Å²) in [5.74, 6) is -0.0909. The summed E-state index contributed by atoms with van der Waals surface area (Å²) < 4.78 is 63.1. The molecule has 0 bridgehead atoms. The molecule has 0 aliphatic heterocycles. The number of halogens is 3. The molecule has 0 unspecified atom stereocenters. The molecule has 0 aromatic rings. The fraction of sp³-hybridized carbons (Fsp3) is 0.846. The molecule has 120 valence electrons. The predicted molar refractivity (Wildman–Crippen MR) is 72.4 cm³/mol. The predicted octanol–water partition coefficient (Wildman–Crippen LogP) is 4.90. The summed E-state index contributed by atoms with van der Waals surface area (Å²) in [5.41, 5.74) is -5.37. The van der Waals surface area contributed by atoms with Gasteiger partial charge < -0.3 is 4.18 Å². The van der Waals surface area contributed by atoms with Crippen molar-refractivity contribution in [2.45, 2.75) is 70.7 Å². The third-order valence-electron chi connectivity index (χ3n) is 2.71. The van der Waals surface area contributed by atoms with Crippen molar-refractivity contribution in [1.29, 1.82) is 0 Å². The second-order valence-corrected chi connectivity index (χ2v) is 6.14. The molecule has 0 atom stereocenters. The minimum Gasteiger partial charge on any atom is -0.381 e. The Kier molecular flexibility index (Phi) is 8.93. The fourth-order valence-electron chi connectivity index (χ4n) is 1.57. The summed E-state index contributed by atoms with van der Waals surface area (Å²) in [6.45, 7) is 3.97. The minimum absolute atomic E-state index is 0.0909. The third kappa shape index (κ3) is 7.77. The van der Waals surface area contributed by atoms with Gasteiger partial charge in [-0.15, -0.1) is 0 Å². The van der Waals surface area contributed by atoms with Crippen LogP contribution in [0.15, 0.2) is 11.8 Å². The molecule has 0 aromatic carbocycles. The molecule has 0 spiro atoms. The van der Waals surface area contributed by atoms with E-state index in [0.717, 1.165) is 32.1 Å². The van der Waals surface area contributed by atoms with Gasteiger partial charge in [-0.2, -0.15) is 21.6 Å². The van der Waals surface area contributed by atoms with Crippen LogP contribution < -0.4 is 0 Å². The Morgan fingerprint density at radius 3 is 2.10 bits per heavy atom. The normalized spacial score (nSPS) is 13.6. The van der Waals surface area contributed by atoms with E-state index in [-0.39, 0.29) is 12.2 Å². The highest BCUT2D eigenvalue weighted by molar-refractivity contribution is 7.87. The molecule has 0 heterocycles. The Morgan fingerprint density at radius 2 is 1.60 bits per heavy atom. The quantitative estimate of drug-likeness (QED) is 0.249. The zero-order chi connectivity index (χ0) is 15.6. The molecule has 7 heteroatoms. The second kappa shape index (κ2) is 9.26. The van der Waals surface area contributed by atoms with Crippen molar-refractivity contribution in [2.24, 2.45) is 0 Å². The summed E-state index contributed by atoms with van der Waals surface area (Å²) in [5, 5.41) is 0. The van der Waals surface area contributed by atoms with E-state index in [4.69, 9.17) is 0 Å². The molecule has 0 radical (unpaired) electrons. The lowest BCUT2D eigenvalue weighted by Gasteiger charge is -2.12. The van der Waals surface area contributed by atoms with Crippen molar-refractivity contribution in [3.8, 4) is 0 Å². The number of unbranched alkanes of at least 4 members (excludes halogenated alkanes) is 5. The lowest BCUT2D eigenvalue weighted by molar-refractivity contribution is -0.0523. The van der Waals surface area contributed by atoms with Crippen LogP contribution in [0, 0.1) is 0 Å². The summed E-state index contributed by atoms with van der Waals surface area (Å²) in [6, 6.07) is 0. The summed E-state index contributed by atoms with van der Waals surface area (Å²) in [4.78, 5) is 0. The number of alkyl halides is 3. The molecule has 0 aliphatic carbocycles. The summed E-state index contributed by atoms with van der Waals surface area (Å²) >= 11 is 0. The Bertz CT molecular complexity index is 386. The SMILES string of the molecule is CCCCCC=C(CCCCC)OS(=O)(=O)C(F)(F)F. The summed E-state index contributed by atoms with van der Waals surface area (Å²) in [6.07, 6.45) is 7.29. The van der Waals surface area contributed by atoms with Gasteiger partial charge in [-0.3, -0.25) is 0 Å². The monoisotopic (exact) mass is 316 g/mol. The van der Waals surface area contributed by atoms with Crippen LogP contribution >= 0.6 is 0 Å². The first-order valence-electron chi connectivity index (χ1n) is 6.94. The number of rotatable bonds is 10. The van der Waals surface area contributed by atoms with Gasteiger partial charge in [0.1, 0.15) is 5.76 Å². The maximum absolute atomic E-state index is 12.3. The van der Waals surface area contributed by atoms with Crippen LogP contribution in [0.4, 0.5) is 13.2 Å². The van der Waals surface area contributed by atoms with E-state index in [1.165, 1.54) is 6.08 Å². The molecule has 0 saturated heterocycles. The van der Waals surface area contributed by atoms with Crippen LogP contribution in [0.2, 0.25) is 0 Å². The molecule has 20 heavy (non-hydrogen) atoms. The summed E-state index contributed by atoms with van der Waals surface area (Å²) in [7, 11) is -5.55. The standard InChI is InChI=1S/C13H23F3O3S/c1-3-5-7-9-11-12(10-8-6-4-2)19-20(17,18)13(14,15)16/h11H,3-10H2,1-2H3.